The van der Waals surface area contributed by atoms with Crippen LogP contribution in [0.3, 0.4) is 0 Å². The zero-order valence-electron chi connectivity index (χ0n) is 11.2. The predicted octanol–water partition coefficient (Wildman–Crippen LogP) is 1.18. The third-order valence-electron chi connectivity index (χ3n) is 2.58. The molecular weight excluding hydrogens is 302 g/mol. The lowest BCUT2D eigenvalue weighted by Gasteiger charge is -2.14. The van der Waals surface area contributed by atoms with Crippen molar-refractivity contribution in [2.24, 2.45) is 0 Å². The van der Waals surface area contributed by atoms with Gasteiger partial charge in [-0.05, 0) is 42.7 Å². The van der Waals surface area contributed by atoms with Gasteiger partial charge in [0.1, 0.15) is 11.8 Å². The summed E-state index contributed by atoms with van der Waals surface area (Å²) in [5, 5.41) is 9.04. The van der Waals surface area contributed by atoms with Crippen molar-refractivity contribution in [3.8, 4) is 5.75 Å². The van der Waals surface area contributed by atoms with Crippen LogP contribution in [0.25, 0.3) is 0 Å². The molecule has 0 amide bonds. The third-order valence-corrected chi connectivity index (χ3v) is 4.71. The molecule has 0 saturated heterocycles. The number of thioether (sulfide) groups is 1. The Balaban J connectivity index is 2.88. The van der Waals surface area contributed by atoms with E-state index >= 15 is 0 Å². The molecule has 0 aliphatic rings. The number of carboxylic acids is 1. The summed E-state index contributed by atoms with van der Waals surface area (Å²) < 4.78 is 31.3. The van der Waals surface area contributed by atoms with Crippen molar-refractivity contribution >= 4 is 27.8 Å². The number of hydrogen-bond acceptors (Lipinski definition) is 5. The molecule has 0 fully saturated rings. The molecule has 0 aromatic heterocycles. The first-order chi connectivity index (χ1) is 9.40. The average Bonchev–Trinajstić information content (AvgIpc) is 2.43. The summed E-state index contributed by atoms with van der Waals surface area (Å²) in [4.78, 5) is 11.1. The molecule has 1 aromatic carbocycles. The van der Waals surface area contributed by atoms with Gasteiger partial charge in [0.15, 0.2) is 0 Å². The summed E-state index contributed by atoms with van der Waals surface area (Å²) >= 11 is 1.46. The summed E-state index contributed by atoms with van der Waals surface area (Å²) in [7, 11) is -2.38. The molecule has 1 rings (SSSR count). The highest BCUT2D eigenvalue weighted by molar-refractivity contribution is 7.98. The van der Waals surface area contributed by atoms with E-state index in [2.05, 4.69) is 4.72 Å². The van der Waals surface area contributed by atoms with Crippen LogP contribution in [0.1, 0.15) is 6.42 Å². The molecular formula is C12H17NO5S2. The number of carbonyl (C=O) groups is 1. The molecule has 0 bridgehead atoms. The average molecular weight is 319 g/mol. The van der Waals surface area contributed by atoms with Crippen LogP contribution < -0.4 is 9.46 Å². The second-order valence-electron chi connectivity index (χ2n) is 3.97. The molecule has 0 heterocycles. The van der Waals surface area contributed by atoms with Crippen molar-refractivity contribution in [2.75, 3.05) is 19.1 Å². The van der Waals surface area contributed by atoms with Gasteiger partial charge >= 0.3 is 5.97 Å². The molecule has 2 N–H and O–H groups in total. The van der Waals surface area contributed by atoms with Crippen molar-refractivity contribution in [3.05, 3.63) is 24.3 Å². The Morgan fingerprint density at radius 1 is 1.40 bits per heavy atom. The zero-order chi connectivity index (χ0) is 15.2. The minimum Gasteiger partial charge on any atom is -0.497 e. The van der Waals surface area contributed by atoms with Gasteiger partial charge in [0.05, 0.1) is 12.0 Å². The Bertz CT molecular complexity index is 541. The Hall–Kier alpha value is -1.25. The number of aliphatic carboxylic acids is 1. The number of hydrogen-bond donors (Lipinski definition) is 2. The van der Waals surface area contributed by atoms with Crippen LogP contribution in [0.4, 0.5) is 0 Å². The first-order valence-corrected chi connectivity index (χ1v) is 8.66. The molecule has 6 nitrogen and oxygen atoms in total. The van der Waals surface area contributed by atoms with Crippen LogP contribution in [-0.4, -0.2) is 44.7 Å². The quantitative estimate of drug-likeness (QED) is 0.747. The van der Waals surface area contributed by atoms with Crippen LogP contribution in [-0.2, 0) is 14.8 Å². The maximum Gasteiger partial charge on any atom is 0.321 e. The third kappa shape index (κ3) is 4.69. The van der Waals surface area contributed by atoms with Crippen molar-refractivity contribution < 1.29 is 23.1 Å². The van der Waals surface area contributed by atoms with Gasteiger partial charge in [0.25, 0.3) is 0 Å². The van der Waals surface area contributed by atoms with Gasteiger partial charge in [-0.25, -0.2) is 8.42 Å². The van der Waals surface area contributed by atoms with E-state index in [0.29, 0.717) is 11.5 Å². The molecule has 20 heavy (non-hydrogen) atoms. The van der Waals surface area contributed by atoms with E-state index in [4.69, 9.17) is 9.84 Å². The Morgan fingerprint density at radius 3 is 2.45 bits per heavy atom. The van der Waals surface area contributed by atoms with Gasteiger partial charge in [0.2, 0.25) is 10.0 Å². The van der Waals surface area contributed by atoms with E-state index in [1.165, 1.54) is 43.1 Å². The lowest BCUT2D eigenvalue weighted by Crippen LogP contribution is -2.41. The maximum absolute atomic E-state index is 12.1. The van der Waals surface area contributed by atoms with E-state index in [1.54, 1.807) is 0 Å². The van der Waals surface area contributed by atoms with Crippen LogP contribution >= 0.6 is 11.8 Å². The Labute approximate surface area is 122 Å². The molecule has 1 atom stereocenters. The normalized spacial score (nSPS) is 12.9. The van der Waals surface area contributed by atoms with Gasteiger partial charge < -0.3 is 9.84 Å². The van der Waals surface area contributed by atoms with Gasteiger partial charge in [-0.3, -0.25) is 4.79 Å². The van der Waals surface area contributed by atoms with E-state index in [1.807, 2.05) is 6.26 Å². The number of nitrogens with one attached hydrogen (secondary N) is 1. The number of ether oxygens (including phenoxy) is 1. The molecule has 0 saturated carbocycles. The number of sulfonamides is 1. The van der Waals surface area contributed by atoms with E-state index < -0.39 is 22.0 Å². The van der Waals surface area contributed by atoms with Crippen molar-refractivity contribution in [2.45, 2.75) is 17.4 Å². The lowest BCUT2D eigenvalue weighted by atomic mass is 10.2. The summed E-state index contributed by atoms with van der Waals surface area (Å²) in [5.41, 5.74) is 0. The van der Waals surface area contributed by atoms with Crippen molar-refractivity contribution in [1.82, 2.24) is 4.72 Å². The first-order valence-electron chi connectivity index (χ1n) is 5.79. The fourth-order valence-corrected chi connectivity index (χ4v) is 3.17. The topological polar surface area (TPSA) is 92.7 Å². The standard InChI is InChI=1S/C12H17NO5S2/c1-18-9-3-5-10(6-4-9)20(16,17)13-11(12(14)15)7-8-19-2/h3-6,11,13H,7-8H2,1-2H3,(H,14,15). The van der Waals surface area contributed by atoms with Gasteiger partial charge in [0, 0.05) is 0 Å². The highest BCUT2D eigenvalue weighted by atomic mass is 32.2. The molecule has 0 spiro atoms. The first kappa shape index (κ1) is 16.8. The summed E-state index contributed by atoms with van der Waals surface area (Å²) in [6.07, 6.45) is 2.06. The van der Waals surface area contributed by atoms with Crippen LogP contribution in [0.15, 0.2) is 29.2 Å². The molecule has 8 heteroatoms. The maximum atomic E-state index is 12.1. The smallest absolute Gasteiger partial charge is 0.321 e. The summed E-state index contributed by atoms with van der Waals surface area (Å²) in [6.45, 7) is 0. The number of methoxy groups -OCH3 is 1. The SMILES string of the molecule is COc1ccc(S(=O)(=O)NC(CCSC)C(=O)O)cc1. The number of carboxylic acid groups (broad SMARTS) is 1. The molecule has 112 valence electrons. The largest absolute Gasteiger partial charge is 0.497 e. The summed E-state index contributed by atoms with van der Waals surface area (Å²) in [6, 6.07) is 4.62. The lowest BCUT2D eigenvalue weighted by molar-refractivity contribution is -0.139. The van der Waals surface area contributed by atoms with Crippen LogP contribution in [0, 0.1) is 0 Å². The predicted molar refractivity (Wildman–Crippen MR) is 77.7 cm³/mol. The molecule has 1 unspecified atom stereocenters. The minimum atomic E-state index is -3.86. The number of rotatable bonds is 8. The van der Waals surface area contributed by atoms with E-state index in [9.17, 15) is 13.2 Å². The Morgan fingerprint density at radius 2 is 2.00 bits per heavy atom. The highest BCUT2D eigenvalue weighted by Crippen LogP contribution is 2.16. The fourth-order valence-electron chi connectivity index (χ4n) is 1.48. The highest BCUT2D eigenvalue weighted by Gasteiger charge is 2.24. The fraction of sp³-hybridized carbons (Fsp3) is 0.417. The molecule has 0 aliphatic heterocycles. The van der Waals surface area contributed by atoms with E-state index in [0.717, 1.165) is 0 Å². The van der Waals surface area contributed by atoms with Crippen molar-refractivity contribution in [1.29, 1.82) is 0 Å². The van der Waals surface area contributed by atoms with Crippen LogP contribution in [0.2, 0.25) is 0 Å². The second kappa shape index (κ2) is 7.51. The Kier molecular flexibility index (Phi) is 6.31. The van der Waals surface area contributed by atoms with Gasteiger partial charge in [-0.15, -0.1) is 0 Å². The minimum absolute atomic E-state index is 0.00806. The zero-order valence-corrected chi connectivity index (χ0v) is 12.8. The monoisotopic (exact) mass is 319 g/mol. The van der Waals surface area contributed by atoms with Crippen molar-refractivity contribution in [3.63, 3.8) is 0 Å². The van der Waals surface area contributed by atoms with E-state index in [-0.39, 0.29) is 11.3 Å². The molecule has 1 aromatic rings. The second-order valence-corrected chi connectivity index (χ2v) is 6.67. The molecule has 0 radical (unpaired) electrons. The van der Waals surface area contributed by atoms with Crippen LogP contribution in [0.5, 0.6) is 5.75 Å². The number of benzene rings is 1. The van der Waals surface area contributed by atoms with Gasteiger partial charge in [-0.2, -0.15) is 16.5 Å². The summed E-state index contributed by atoms with van der Waals surface area (Å²) in [5.74, 6) is -0.0977. The molecule has 0 aliphatic carbocycles. The van der Waals surface area contributed by atoms with Gasteiger partial charge in [-0.1, -0.05) is 0 Å².